The molecule has 0 amide bonds. The molecular formula is C61H67N3O. The highest BCUT2D eigenvalue weighted by Crippen LogP contribution is 2.45. The zero-order valence-electron chi connectivity index (χ0n) is 56.9. The third-order valence-electron chi connectivity index (χ3n) is 11.9. The number of aryl methyl sites for hydroxylation is 1. The van der Waals surface area contributed by atoms with E-state index in [1.54, 1.807) is 73.0 Å². The van der Waals surface area contributed by atoms with Crippen LogP contribution in [0.25, 0.3) is 72.7 Å². The summed E-state index contributed by atoms with van der Waals surface area (Å²) in [6.45, 7) is 10.8. The lowest BCUT2D eigenvalue weighted by atomic mass is 9.79. The summed E-state index contributed by atoms with van der Waals surface area (Å²) in [5.74, 6) is -1.74. The summed E-state index contributed by atoms with van der Waals surface area (Å²) < 4.78 is 160. The molecule has 1 N–H and O–H groups in total. The van der Waals surface area contributed by atoms with Crippen LogP contribution >= 0.6 is 0 Å². The van der Waals surface area contributed by atoms with Gasteiger partial charge in [-0.1, -0.05) is 169 Å². The minimum Gasteiger partial charge on any atom is -0.507 e. The highest BCUT2D eigenvalue weighted by atomic mass is 16.3. The Morgan fingerprint density at radius 3 is 2.03 bits per heavy atom. The van der Waals surface area contributed by atoms with Crippen LogP contribution in [0.15, 0.2) is 133 Å². The van der Waals surface area contributed by atoms with Crippen molar-refractivity contribution >= 4 is 11.0 Å². The monoisotopic (exact) mass is 876 g/mol. The zero-order valence-corrected chi connectivity index (χ0v) is 38.9. The van der Waals surface area contributed by atoms with Crippen molar-refractivity contribution < 1.29 is 29.8 Å². The van der Waals surface area contributed by atoms with Crippen molar-refractivity contribution in [3.63, 3.8) is 0 Å². The maximum absolute atomic E-state index is 12.8. The van der Waals surface area contributed by atoms with Gasteiger partial charge >= 0.3 is 0 Å². The second kappa shape index (κ2) is 16.9. The third-order valence-corrected chi connectivity index (χ3v) is 11.9. The van der Waals surface area contributed by atoms with E-state index in [0.29, 0.717) is 38.9 Å². The molecule has 0 fully saturated rings. The number of nitrogens with zero attached hydrogens (tertiary/aromatic N) is 3. The van der Waals surface area contributed by atoms with Crippen molar-refractivity contribution in [1.82, 2.24) is 14.5 Å². The first-order valence-corrected chi connectivity index (χ1v) is 21.8. The largest absolute Gasteiger partial charge is 0.507 e. The normalized spacial score (nSPS) is 17.2. The molecule has 4 heteroatoms. The van der Waals surface area contributed by atoms with Gasteiger partial charge in [0.1, 0.15) is 11.6 Å². The van der Waals surface area contributed by atoms with Crippen molar-refractivity contribution in [1.29, 1.82) is 0 Å². The molecule has 0 spiro atoms. The van der Waals surface area contributed by atoms with Gasteiger partial charge in [0.25, 0.3) is 0 Å². The van der Waals surface area contributed by atoms with Crippen LogP contribution in [-0.2, 0) is 16.2 Å². The van der Waals surface area contributed by atoms with E-state index in [-0.39, 0.29) is 50.9 Å². The number of hydrogen-bond acceptors (Lipinski definition) is 3. The van der Waals surface area contributed by atoms with Crippen molar-refractivity contribution in [2.75, 3.05) is 0 Å². The van der Waals surface area contributed by atoms with Crippen LogP contribution in [0.1, 0.15) is 160 Å². The number of phenols is 1. The lowest BCUT2D eigenvalue weighted by Crippen LogP contribution is -2.17. The minimum absolute atomic E-state index is 0.0592. The summed E-state index contributed by atoms with van der Waals surface area (Å²) in [6, 6.07) is 19.7. The standard InChI is InChI=1S/C61H67N3O/c1-37(2)43-28-44(38(3)4)30-45(29-43)41-23-24-54(39(5)27-41)64-55-22-18-21-50(56(55)63-58(64)51-35-49(60(9,10)11)36-52(57(51)65)61(12,13)14)46-31-47(33-48(32-46)59(6,7)8)53-34-42(25-26-62-53)40-19-16-15-17-20-40/h15-38,65H,1-14H3/i5D3,12D3,13D3,15D,16D,17D,19D,20D,25D,26D,34D,37D. The molecule has 0 unspecified atom stereocenters. The first-order valence-electron chi connectivity index (χ1n) is 30.8. The third kappa shape index (κ3) is 9.06. The molecule has 0 saturated heterocycles. The molecule has 0 aliphatic rings. The van der Waals surface area contributed by atoms with E-state index in [1.807, 2.05) is 79.7 Å². The number of pyridine rings is 1. The number of para-hydroxylation sites is 1. The van der Waals surface area contributed by atoms with Crippen LogP contribution in [0.4, 0.5) is 0 Å². The molecule has 0 aliphatic carbocycles. The molecule has 4 nitrogen and oxygen atoms in total. The number of aromatic nitrogens is 3. The first-order chi connectivity index (χ1) is 37.9. The second-order valence-electron chi connectivity index (χ2n) is 19.7. The predicted molar refractivity (Wildman–Crippen MR) is 277 cm³/mol. The van der Waals surface area contributed by atoms with Gasteiger partial charge in [-0.3, -0.25) is 9.55 Å². The molecule has 8 rings (SSSR count). The fourth-order valence-electron chi connectivity index (χ4n) is 8.03. The maximum atomic E-state index is 12.8. The van der Waals surface area contributed by atoms with Crippen molar-refractivity contribution in [2.24, 2.45) is 0 Å². The second-order valence-corrected chi connectivity index (χ2v) is 19.7. The van der Waals surface area contributed by atoms with E-state index in [9.17, 15) is 6.48 Å². The number of aromatic hydroxyl groups is 1. The summed E-state index contributed by atoms with van der Waals surface area (Å²) in [5.41, 5.74) is 0.00839. The number of imidazole rings is 1. The van der Waals surface area contributed by atoms with Gasteiger partial charge in [-0.2, -0.15) is 0 Å². The molecule has 8 aromatic rings. The predicted octanol–water partition coefficient (Wildman–Crippen LogP) is 16.9. The summed E-state index contributed by atoms with van der Waals surface area (Å²) in [7, 11) is 0. The summed E-state index contributed by atoms with van der Waals surface area (Å²) in [4.78, 5) is 9.70. The van der Waals surface area contributed by atoms with E-state index < -0.39 is 108 Å². The number of phenolic OH excluding ortho intramolecular Hbond substituents is 1. The fourth-order valence-corrected chi connectivity index (χ4v) is 8.03. The number of hydrogen-bond donors (Lipinski definition) is 1. The highest BCUT2D eigenvalue weighted by molar-refractivity contribution is 5.97. The molecule has 2 heterocycles. The molecule has 0 bridgehead atoms. The molecule has 332 valence electrons. The molecule has 0 radical (unpaired) electrons. The maximum Gasteiger partial charge on any atom is 0.149 e. The Hall–Kier alpha value is -6.26. The Labute approximate surface area is 413 Å². The van der Waals surface area contributed by atoms with Crippen molar-refractivity contribution in [3.8, 4) is 67.5 Å². The van der Waals surface area contributed by atoms with Gasteiger partial charge in [0.2, 0.25) is 0 Å². The summed E-state index contributed by atoms with van der Waals surface area (Å²) in [5, 5.41) is 12.8. The highest BCUT2D eigenvalue weighted by Gasteiger charge is 2.29. The summed E-state index contributed by atoms with van der Waals surface area (Å²) in [6.07, 6.45) is -0.625. The van der Waals surface area contributed by atoms with E-state index in [2.05, 4.69) is 4.98 Å². The lowest BCUT2D eigenvalue weighted by molar-refractivity contribution is 0.446. The smallest absolute Gasteiger partial charge is 0.149 e. The van der Waals surface area contributed by atoms with Crippen LogP contribution < -0.4 is 0 Å². The van der Waals surface area contributed by atoms with Crippen LogP contribution in [0.2, 0.25) is 0 Å². The van der Waals surface area contributed by atoms with Gasteiger partial charge in [-0.25, -0.2) is 4.98 Å². The fraction of sp³-hybridized carbons (Fsp3) is 0.311. The van der Waals surface area contributed by atoms with Crippen LogP contribution in [0.3, 0.4) is 0 Å². The average Bonchev–Trinajstić information content (AvgIpc) is 4.03. The average molecular weight is 876 g/mol. The molecule has 65 heavy (non-hydrogen) atoms. The number of benzene rings is 6. The van der Waals surface area contributed by atoms with Gasteiger partial charge < -0.3 is 5.11 Å². The Kier molecular flexibility index (Phi) is 7.28. The van der Waals surface area contributed by atoms with Crippen LogP contribution in [0.5, 0.6) is 5.75 Å². The molecule has 0 atom stereocenters. The van der Waals surface area contributed by atoms with Gasteiger partial charge in [-0.05, 0) is 139 Å². The van der Waals surface area contributed by atoms with E-state index in [1.165, 1.54) is 6.07 Å². The SMILES string of the molecule is [2H]c1nc(-c2cc(-c3cccc4c3nc(-c3cc(C(C)(C)C)cc(C(C)(C([2H])([2H])[2H])C([2H])([2H])[2H])c3O)n4-c3ccc(-c4cc(C(C)C)cc(C([2H])(C)C)c4)cc3C([2H])([2H])[2H])cc(C(C)(C)C)c2)c([2H])c(-c2c([2H])c([2H])c([2H])c([2H])c2[2H])c1[2H]. The topological polar surface area (TPSA) is 50.9 Å². The van der Waals surface area contributed by atoms with Gasteiger partial charge in [-0.15, -0.1) is 0 Å². The Bertz CT molecular complexity index is 3880. The van der Waals surface area contributed by atoms with Crippen LogP contribution in [0, 0.1) is 6.85 Å². The molecule has 2 aromatic heterocycles. The van der Waals surface area contributed by atoms with Crippen molar-refractivity contribution in [2.45, 2.75) is 125 Å². The van der Waals surface area contributed by atoms with Crippen molar-refractivity contribution in [3.05, 3.63) is 167 Å². The first kappa shape index (κ1) is 27.9. The Morgan fingerprint density at radius 1 is 0.646 bits per heavy atom. The number of fused-ring (bicyclic) bond motifs is 1. The van der Waals surface area contributed by atoms with E-state index in [0.717, 1.165) is 18.1 Å². The minimum atomic E-state index is -3.20. The van der Waals surface area contributed by atoms with E-state index >= 15 is 0 Å². The summed E-state index contributed by atoms with van der Waals surface area (Å²) >= 11 is 0. The lowest BCUT2D eigenvalue weighted by Gasteiger charge is -2.27. The van der Waals surface area contributed by atoms with Gasteiger partial charge in [0.05, 0.1) is 38.9 Å². The zero-order chi connectivity index (χ0) is 62.1. The van der Waals surface area contributed by atoms with E-state index in [4.69, 9.17) is 28.3 Å². The Balaban J connectivity index is 1.53. The van der Waals surface area contributed by atoms with Gasteiger partial charge in [0.15, 0.2) is 0 Å². The van der Waals surface area contributed by atoms with Gasteiger partial charge in [0, 0.05) is 36.6 Å². The number of rotatable bonds is 8. The van der Waals surface area contributed by atoms with Crippen LogP contribution in [-0.4, -0.2) is 19.6 Å². The molecule has 0 aliphatic heterocycles. The molecule has 6 aromatic carbocycles. The molecule has 0 saturated carbocycles. The molecular weight excluding hydrogens is 791 g/mol. The Morgan fingerprint density at radius 2 is 1.35 bits per heavy atom. The quantitative estimate of drug-likeness (QED) is 0.165.